The van der Waals surface area contributed by atoms with Crippen LogP contribution in [0.5, 0.6) is 0 Å². The molecule has 0 saturated carbocycles. The van der Waals surface area contributed by atoms with Gasteiger partial charge in [0.05, 0.1) is 5.75 Å². The van der Waals surface area contributed by atoms with Gasteiger partial charge in [-0.1, -0.05) is 38.6 Å². The van der Waals surface area contributed by atoms with Gasteiger partial charge in [-0.3, -0.25) is 9.36 Å². The highest BCUT2D eigenvalue weighted by molar-refractivity contribution is 7.99. The Balaban J connectivity index is 2.26. The van der Waals surface area contributed by atoms with Gasteiger partial charge in [-0.05, 0) is 24.3 Å². The molecule has 1 aromatic heterocycles. The van der Waals surface area contributed by atoms with E-state index >= 15 is 0 Å². The number of aromatic nitrogens is 3. The summed E-state index contributed by atoms with van der Waals surface area (Å²) in [5, 5.41) is 9.22. The Morgan fingerprint density at radius 2 is 1.96 bits per heavy atom. The number of benzene rings is 1. The van der Waals surface area contributed by atoms with E-state index < -0.39 is 0 Å². The van der Waals surface area contributed by atoms with E-state index in [-0.39, 0.29) is 11.2 Å². The zero-order valence-corrected chi connectivity index (χ0v) is 14.6. The molecule has 0 atom stereocenters. The Bertz CT molecular complexity index is 698. The Kier molecular flexibility index (Phi) is 5.26. The fourth-order valence-electron chi connectivity index (χ4n) is 1.88. The number of hydrogen-bond donors (Lipinski definition) is 1. The van der Waals surface area contributed by atoms with Crippen LogP contribution in [0.4, 0.5) is 5.69 Å². The fourth-order valence-corrected chi connectivity index (χ4v) is 2.99. The maximum atomic E-state index is 12.1. The molecule has 23 heavy (non-hydrogen) atoms. The van der Waals surface area contributed by atoms with Gasteiger partial charge in [-0.25, -0.2) is 0 Å². The predicted molar refractivity (Wildman–Crippen MR) is 95.3 cm³/mol. The highest BCUT2D eigenvalue weighted by atomic mass is 32.2. The van der Waals surface area contributed by atoms with Crippen LogP contribution >= 0.6 is 11.8 Å². The minimum atomic E-state index is -0.351. The Labute approximate surface area is 141 Å². The molecule has 0 unspecified atom stereocenters. The van der Waals surface area contributed by atoms with Gasteiger partial charge in [0.15, 0.2) is 11.0 Å². The average molecular weight is 330 g/mol. The van der Waals surface area contributed by atoms with Crippen LogP contribution in [0.15, 0.2) is 42.1 Å². The number of anilines is 1. The van der Waals surface area contributed by atoms with Crippen LogP contribution < -0.4 is 5.73 Å². The van der Waals surface area contributed by atoms with Gasteiger partial charge in [0, 0.05) is 23.2 Å². The zero-order valence-electron chi connectivity index (χ0n) is 13.7. The molecule has 0 saturated heterocycles. The second-order valence-electron chi connectivity index (χ2n) is 6.29. The number of carbonyl (C=O) groups is 1. The van der Waals surface area contributed by atoms with Gasteiger partial charge >= 0.3 is 0 Å². The van der Waals surface area contributed by atoms with Gasteiger partial charge < -0.3 is 5.73 Å². The van der Waals surface area contributed by atoms with Crippen molar-refractivity contribution in [3.63, 3.8) is 0 Å². The van der Waals surface area contributed by atoms with Crippen molar-refractivity contribution in [2.75, 3.05) is 11.5 Å². The summed E-state index contributed by atoms with van der Waals surface area (Å²) in [5.41, 5.74) is 7.01. The predicted octanol–water partition coefficient (Wildman–Crippen LogP) is 3.42. The van der Waals surface area contributed by atoms with Crippen molar-refractivity contribution in [2.45, 2.75) is 32.5 Å². The van der Waals surface area contributed by atoms with E-state index in [4.69, 9.17) is 5.73 Å². The number of nitrogens with zero attached hydrogens (tertiary/aromatic N) is 3. The van der Waals surface area contributed by atoms with Crippen LogP contribution in [0.3, 0.4) is 0 Å². The van der Waals surface area contributed by atoms with Crippen molar-refractivity contribution in [3.05, 3.63) is 36.9 Å². The third-order valence-corrected chi connectivity index (χ3v) is 4.33. The number of allylic oxidation sites excluding steroid dienone is 1. The first-order valence-corrected chi connectivity index (χ1v) is 8.37. The number of Topliss-reactive ketones (excluding diaryl/α,β-unsaturated/α-hetero) is 1. The van der Waals surface area contributed by atoms with Gasteiger partial charge in [-0.2, -0.15) is 0 Å². The lowest BCUT2D eigenvalue weighted by molar-refractivity contribution is -0.123. The number of rotatable bonds is 6. The molecule has 1 heterocycles. The molecule has 0 spiro atoms. The highest BCUT2D eigenvalue weighted by Gasteiger charge is 2.22. The zero-order chi connectivity index (χ0) is 17.0. The number of carbonyl (C=O) groups excluding carboxylic acids is 1. The van der Waals surface area contributed by atoms with Crippen LogP contribution in [-0.2, 0) is 11.3 Å². The summed E-state index contributed by atoms with van der Waals surface area (Å²) < 4.78 is 1.96. The van der Waals surface area contributed by atoms with E-state index in [0.717, 1.165) is 11.4 Å². The molecule has 122 valence electrons. The number of nitrogens with two attached hydrogens (primary N) is 1. The van der Waals surface area contributed by atoms with Crippen molar-refractivity contribution >= 4 is 23.2 Å². The molecule has 0 bridgehead atoms. The highest BCUT2D eigenvalue weighted by Crippen LogP contribution is 2.26. The molecular weight excluding hydrogens is 308 g/mol. The molecule has 0 aliphatic rings. The van der Waals surface area contributed by atoms with Crippen LogP contribution in [0.25, 0.3) is 11.4 Å². The second-order valence-corrected chi connectivity index (χ2v) is 7.23. The molecule has 6 heteroatoms. The molecule has 2 aromatic rings. The van der Waals surface area contributed by atoms with E-state index in [0.29, 0.717) is 23.1 Å². The smallest absolute Gasteiger partial charge is 0.192 e. The summed E-state index contributed by atoms with van der Waals surface area (Å²) in [6.07, 6.45) is 1.79. The maximum Gasteiger partial charge on any atom is 0.192 e. The lowest BCUT2D eigenvalue weighted by Gasteiger charge is -2.16. The molecular formula is C17H22N4OS. The summed E-state index contributed by atoms with van der Waals surface area (Å²) in [5.74, 6) is 1.31. The van der Waals surface area contributed by atoms with E-state index in [1.54, 1.807) is 6.08 Å². The SMILES string of the molecule is C=CCn1c(SCC(=O)C(C)(C)C)nnc1-c1ccc(N)cc1. The minimum Gasteiger partial charge on any atom is -0.399 e. The van der Waals surface area contributed by atoms with Crippen LogP contribution in [0.1, 0.15) is 20.8 Å². The van der Waals surface area contributed by atoms with E-state index in [2.05, 4.69) is 16.8 Å². The van der Waals surface area contributed by atoms with Gasteiger partial charge in [-0.15, -0.1) is 16.8 Å². The molecule has 2 N–H and O–H groups in total. The molecule has 0 amide bonds. The van der Waals surface area contributed by atoms with Crippen LogP contribution in [0.2, 0.25) is 0 Å². The molecule has 0 radical (unpaired) electrons. The molecule has 2 rings (SSSR count). The van der Waals surface area contributed by atoms with E-state index in [1.807, 2.05) is 49.6 Å². The number of ketones is 1. The van der Waals surface area contributed by atoms with Crippen molar-refractivity contribution in [1.29, 1.82) is 0 Å². The molecule has 5 nitrogen and oxygen atoms in total. The first-order chi connectivity index (χ1) is 10.8. The number of hydrogen-bond acceptors (Lipinski definition) is 5. The van der Waals surface area contributed by atoms with Crippen molar-refractivity contribution in [3.8, 4) is 11.4 Å². The van der Waals surface area contributed by atoms with E-state index in [9.17, 15) is 4.79 Å². The monoisotopic (exact) mass is 330 g/mol. The van der Waals surface area contributed by atoms with Crippen molar-refractivity contribution in [2.24, 2.45) is 5.41 Å². The normalized spacial score (nSPS) is 11.4. The molecule has 0 fully saturated rings. The van der Waals surface area contributed by atoms with E-state index in [1.165, 1.54) is 11.8 Å². The number of nitrogen functional groups attached to an aromatic ring is 1. The van der Waals surface area contributed by atoms with Gasteiger partial charge in [0.2, 0.25) is 0 Å². The first kappa shape index (κ1) is 17.3. The summed E-state index contributed by atoms with van der Waals surface area (Å²) in [6, 6.07) is 7.48. The second kappa shape index (κ2) is 7.00. The van der Waals surface area contributed by atoms with Crippen LogP contribution in [-0.4, -0.2) is 26.3 Å². The lowest BCUT2D eigenvalue weighted by atomic mass is 9.92. The first-order valence-electron chi connectivity index (χ1n) is 7.39. The largest absolute Gasteiger partial charge is 0.399 e. The Hall–Kier alpha value is -2.08. The molecule has 0 aliphatic carbocycles. The quantitative estimate of drug-likeness (QED) is 0.499. The summed E-state index contributed by atoms with van der Waals surface area (Å²) in [7, 11) is 0. The van der Waals surface area contributed by atoms with Crippen molar-refractivity contribution < 1.29 is 4.79 Å². The standard InChI is InChI=1S/C17H22N4OS/c1-5-10-21-15(12-6-8-13(18)9-7-12)19-20-16(21)23-11-14(22)17(2,3)4/h5-9H,1,10-11,18H2,2-4H3. The summed E-state index contributed by atoms with van der Waals surface area (Å²) in [6.45, 7) is 10.1. The maximum absolute atomic E-state index is 12.1. The van der Waals surface area contributed by atoms with Gasteiger partial charge in [0.25, 0.3) is 0 Å². The molecule has 1 aromatic carbocycles. The third kappa shape index (κ3) is 4.22. The Morgan fingerprint density at radius 1 is 1.30 bits per heavy atom. The summed E-state index contributed by atoms with van der Waals surface area (Å²) in [4.78, 5) is 12.1. The fraction of sp³-hybridized carbons (Fsp3) is 0.353. The van der Waals surface area contributed by atoms with Crippen LogP contribution in [0, 0.1) is 5.41 Å². The third-order valence-electron chi connectivity index (χ3n) is 3.37. The minimum absolute atomic E-state index is 0.185. The van der Waals surface area contributed by atoms with Crippen molar-refractivity contribution in [1.82, 2.24) is 14.8 Å². The summed E-state index contributed by atoms with van der Waals surface area (Å²) >= 11 is 1.41. The lowest BCUT2D eigenvalue weighted by Crippen LogP contribution is -2.22. The topological polar surface area (TPSA) is 73.8 Å². The number of thioether (sulfide) groups is 1. The molecule has 0 aliphatic heterocycles. The Morgan fingerprint density at radius 3 is 2.52 bits per heavy atom. The van der Waals surface area contributed by atoms with Gasteiger partial charge in [0.1, 0.15) is 5.78 Å². The average Bonchev–Trinajstić information content (AvgIpc) is 2.88.